The van der Waals surface area contributed by atoms with E-state index in [9.17, 15) is 47.1 Å². The van der Waals surface area contributed by atoms with E-state index in [1.807, 2.05) is 13.8 Å². The lowest BCUT2D eigenvalue weighted by Gasteiger charge is -2.32. The molecule has 1 heterocycles. The number of halogens is 2. The quantitative estimate of drug-likeness (QED) is 0.118. The van der Waals surface area contributed by atoms with E-state index < -0.39 is 104 Å². The number of phenolic OH excluding ortho intramolecular Hbond substituents is 1. The largest absolute Gasteiger partial charge is 0.505 e. The van der Waals surface area contributed by atoms with Gasteiger partial charge in [0, 0.05) is 29.9 Å². The first kappa shape index (κ1) is 49.6. The molecule has 1 aromatic carbocycles. The SMILES string of the molecule is CCC(N)CC(=O)N(C(=O)C(=O)NS(=O)(=O)c1cc(Cl)cc(Cl)c1O)C(=O)[C@H](CC1CCCCC1)NC(=O)[C@@H](NC(=O)[C@H](CC(C)C)NC(=O)c1cnccn1)[C@@H](C)CC. The number of aromatic hydroxyl groups is 1. The molecule has 18 nitrogen and oxygen atoms in total. The van der Waals surface area contributed by atoms with Gasteiger partial charge < -0.3 is 26.8 Å². The van der Waals surface area contributed by atoms with Crippen LogP contribution in [0.4, 0.5) is 0 Å². The highest BCUT2D eigenvalue weighted by Gasteiger charge is 2.42. The standard InChI is InChI=1S/C39H54Cl2N8O10S/c1-6-22(5)32(47-34(52)27(15-21(3)4)45-35(53)29-20-43-13-14-44-29)36(54)46-28(16-23-11-9-8-10-12-23)38(56)49(31(50)19-25(42)7-2)39(57)37(55)48-60(58,59)30-18-24(40)17-26(41)33(30)51/h13-14,17-18,20-23,25,27-28,32,51H,6-12,15-16,19,42H2,1-5H3,(H,45,53)(H,46,54)(H,47,52)(H,48,55)/t22-,25?,27-,28-,32-/m0/s1. The molecule has 0 aliphatic heterocycles. The molecule has 3 rings (SSSR count). The summed E-state index contributed by atoms with van der Waals surface area (Å²) in [6, 6.07) is -3.14. The van der Waals surface area contributed by atoms with Crippen molar-refractivity contribution in [2.75, 3.05) is 0 Å². The van der Waals surface area contributed by atoms with E-state index in [2.05, 4.69) is 25.9 Å². The fourth-order valence-corrected chi connectivity index (χ4v) is 8.27. The summed E-state index contributed by atoms with van der Waals surface area (Å²) in [5, 5.41) is 17.6. The zero-order valence-electron chi connectivity index (χ0n) is 34.2. The lowest BCUT2D eigenvalue weighted by molar-refractivity contribution is -0.160. The minimum absolute atomic E-state index is 0.0313. The topological polar surface area (TPSA) is 277 Å². The van der Waals surface area contributed by atoms with Gasteiger partial charge in [0.1, 0.15) is 28.7 Å². The van der Waals surface area contributed by atoms with Crippen LogP contribution in [-0.2, 0) is 38.8 Å². The Bertz CT molecular complexity index is 2000. The molecule has 1 saturated carbocycles. The van der Waals surface area contributed by atoms with Crippen LogP contribution in [0.5, 0.6) is 5.75 Å². The van der Waals surface area contributed by atoms with E-state index in [-0.39, 0.29) is 46.7 Å². The van der Waals surface area contributed by atoms with Gasteiger partial charge in [0.2, 0.25) is 17.7 Å². The number of nitrogens with one attached hydrogen (secondary N) is 4. The molecule has 2 aromatic rings. The van der Waals surface area contributed by atoms with Gasteiger partial charge >= 0.3 is 11.8 Å². The van der Waals surface area contributed by atoms with Gasteiger partial charge in [-0.1, -0.05) is 96.3 Å². The maximum Gasteiger partial charge on any atom is 0.326 e. The summed E-state index contributed by atoms with van der Waals surface area (Å²) in [6.45, 7) is 8.75. The molecule has 0 spiro atoms. The molecule has 0 radical (unpaired) electrons. The lowest BCUT2D eigenvalue weighted by atomic mass is 9.84. The van der Waals surface area contributed by atoms with Crippen molar-refractivity contribution in [3.05, 3.63) is 46.5 Å². The summed E-state index contributed by atoms with van der Waals surface area (Å²) in [4.78, 5) is 103. The summed E-state index contributed by atoms with van der Waals surface area (Å²) in [5.41, 5.74) is 5.97. The maximum absolute atomic E-state index is 14.5. The number of hydrogen-bond donors (Lipinski definition) is 6. The van der Waals surface area contributed by atoms with Gasteiger partial charge in [-0.25, -0.2) is 23.0 Å². The fraction of sp³-hybridized carbons (Fsp3) is 0.564. The number of amides is 7. The second kappa shape index (κ2) is 22.8. The number of hydrogen-bond acceptors (Lipinski definition) is 13. The summed E-state index contributed by atoms with van der Waals surface area (Å²) < 4.78 is 27.9. The summed E-state index contributed by atoms with van der Waals surface area (Å²) >= 11 is 11.8. The third kappa shape index (κ3) is 13.9. The molecule has 0 saturated heterocycles. The molecule has 60 heavy (non-hydrogen) atoms. The highest BCUT2D eigenvalue weighted by atomic mass is 35.5. The molecule has 330 valence electrons. The Hall–Kier alpha value is -4.72. The highest BCUT2D eigenvalue weighted by Crippen LogP contribution is 2.34. The smallest absolute Gasteiger partial charge is 0.326 e. The van der Waals surface area contributed by atoms with Crippen molar-refractivity contribution in [2.24, 2.45) is 23.5 Å². The average molecular weight is 898 g/mol. The molecule has 1 aromatic heterocycles. The van der Waals surface area contributed by atoms with Gasteiger partial charge in [0.25, 0.3) is 21.8 Å². The summed E-state index contributed by atoms with van der Waals surface area (Å²) in [7, 11) is -5.08. The number of nitrogens with two attached hydrogens (primary N) is 1. The lowest BCUT2D eigenvalue weighted by Crippen LogP contribution is -2.61. The van der Waals surface area contributed by atoms with Crippen LogP contribution in [0.3, 0.4) is 0 Å². The molecule has 7 N–H and O–H groups in total. The van der Waals surface area contributed by atoms with Crippen LogP contribution >= 0.6 is 23.2 Å². The van der Waals surface area contributed by atoms with Gasteiger partial charge in [-0.15, -0.1) is 0 Å². The van der Waals surface area contributed by atoms with Gasteiger partial charge in [0.15, 0.2) is 5.75 Å². The fourth-order valence-electron chi connectivity index (χ4n) is 6.57. The Kier molecular flexibility index (Phi) is 18.8. The minimum Gasteiger partial charge on any atom is -0.505 e. The van der Waals surface area contributed by atoms with Crippen molar-refractivity contribution in [1.29, 1.82) is 0 Å². The normalized spacial score (nSPS) is 15.8. The van der Waals surface area contributed by atoms with Crippen molar-refractivity contribution in [3.8, 4) is 5.75 Å². The van der Waals surface area contributed by atoms with E-state index >= 15 is 0 Å². The highest BCUT2D eigenvalue weighted by molar-refractivity contribution is 7.90. The van der Waals surface area contributed by atoms with Crippen LogP contribution in [0.25, 0.3) is 0 Å². The first-order chi connectivity index (χ1) is 28.2. The van der Waals surface area contributed by atoms with Crippen molar-refractivity contribution in [3.63, 3.8) is 0 Å². The number of rotatable bonds is 18. The van der Waals surface area contributed by atoms with Crippen molar-refractivity contribution in [1.82, 2.24) is 35.5 Å². The number of phenols is 1. The molecule has 1 fully saturated rings. The van der Waals surface area contributed by atoms with Gasteiger partial charge in [-0.2, -0.15) is 0 Å². The number of nitrogens with zero attached hydrogens (tertiary/aromatic N) is 3. The van der Waals surface area contributed by atoms with Crippen LogP contribution in [0, 0.1) is 17.8 Å². The second-order valence-electron chi connectivity index (χ2n) is 15.3. The van der Waals surface area contributed by atoms with Gasteiger partial charge in [-0.05, 0) is 49.1 Å². The van der Waals surface area contributed by atoms with Crippen LogP contribution in [0.2, 0.25) is 10.0 Å². The summed E-state index contributed by atoms with van der Waals surface area (Å²) in [6.07, 6.45) is 7.79. The maximum atomic E-state index is 14.5. The van der Waals surface area contributed by atoms with E-state index in [0.717, 1.165) is 31.4 Å². The van der Waals surface area contributed by atoms with Crippen molar-refractivity contribution >= 4 is 74.6 Å². The molecule has 1 aliphatic rings. The Morgan fingerprint density at radius 1 is 0.917 bits per heavy atom. The number of aromatic nitrogens is 2. The Morgan fingerprint density at radius 2 is 1.58 bits per heavy atom. The van der Waals surface area contributed by atoms with E-state index in [1.165, 1.54) is 23.3 Å². The number of sulfonamides is 1. The third-order valence-electron chi connectivity index (χ3n) is 10.2. The first-order valence-electron chi connectivity index (χ1n) is 19.8. The molecule has 21 heteroatoms. The van der Waals surface area contributed by atoms with Crippen LogP contribution in [0.15, 0.2) is 35.6 Å². The monoisotopic (exact) mass is 896 g/mol. The second-order valence-corrected chi connectivity index (χ2v) is 17.8. The Balaban J connectivity index is 2.01. The van der Waals surface area contributed by atoms with Crippen molar-refractivity contribution < 1.29 is 47.1 Å². The Morgan fingerprint density at radius 3 is 2.17 bits per heavy atom. The average Bonchev–Trinajstić information content (AvgIpc) is 3.20. The number of imide groups is 3. The van der Waals surface area contributed by atoms with Crippen LogP contribution in [-0.4, -0.2) is 93.9 Å². The zero-order chi connectivity index (χ0) is 44.9. The Labute approximate surface area is 359 Å². The van der Waals surface area contributed by atoms with Gasteiger partial charge in [-0.3, -0.25) is 38.5 Å². The minimum atomic E-state index is -5.08. The molecular weight excluding hydrogens is 843 g/mol. The number of carbonyl (C=O) groups excluding carboxylic acids is 7. The van der Waals surface area contributed by atoms with Crippen molar-refractivity contribution in [2.45, 2.75) is 128 Å². The molecular formula is C39H54Cl2N8O10S. The molecule has 1 unspecified atom stereocenters. The predicted molar refractivity (Wildman–Crippen MR) is 220 cm³/mol. The summed E-state index contributed by atoms with van der Waals surface area (Å²) in [5.74, 6) is -10.5. The third-order valence-corrected chi connectivity index (χ3v) is 12.0. The number of carbonyl (C=O) groups is 7. The molecule has 7 amide bonds. The molecule has 5 atom stereocenters. The van der Waals surface area contributed by atoms with E-state index in [4.69, 9.17) is 28.9 Å². The van der Waals surface area contributed by atoms with Crippen LogP contribution < -0.4 is 26.4 Å². The van der Waals surface area contributed by atoms with Crippen LogP contribution in [0.1, 0.15) is 109 Å². The van der Waals surface area contributed by atoms with E-state index in [0.29, 0.717) is 19.3 Å². The predicted octanol–water partition coefficient (Wildman–Crippen LogP) is 3.13. The first-order valence-corrected chi connectivity index (χ1v) is 22.0. The molecule has 1 aliphatic carbocycles. The van der Waals surface area contributed by atoms with E-state index in [1.54, 1.807) is 20.8 Å². The van der Waals surface area contributed by atoms with Gasteiger partial charge in [0.05, 0.1) is 11.2 Å². The molecule has 0 bridgehead atoms. The number of benzene rings is 1. The zero-order valence-corrected chi connectivity index (χ0v) is 36.5.